The Morgan fingerprint density at radius 2 is 2.03 bits per heavy atom. The first-order valence-corrected chi connectivity index (χ1v) is 10.9. The van der Waals surface area contributed by atoms with Gasteiger partial charge in [-0.05, 0) is 45.4 Å². The van der Waals surface area contributed by atoms with E-state index >= 15 is 0 Å². The minimum Gasteiger partial charge on any atom is -0.466 e. The zero-order chi connectivity index (χ0) is 21.6. The number of carbonyl (C=O) groups is 3. The summed E-state index contributed by atoms with van der Waals surface area (Å²) in [6.45, 7) is 7.57. The molecule has 4 rings (SSSR count). The molecule has 2 aromatic rings. The molecule has 0 bridgehead atoms. The van der Waals surface area contributed by atoms with Crippen LogP contribution in [0.15, 0.2) is 39.6 Å². The number of amides is 4. The number of benzene rings is 1. The van der Waals surface area contributed by atoms with Gasteiger partial charge in [0, 0.05) is 22.3 Å². The van der Waals surface area contributed by atoms with Crippen molar-refractivity contribution < 1.29 is 18.8 Å². The monoisotopic (exact) mass is 427 g/mol. The van der Waals surface area contributed by atoms with Gasteiger partial charge in [-0.15, -0.1) is 11.8 Å². The van der Waals surface area contributed by atoms with E-state index in [-0.39, 0.29) is 12.5 Å². The highest BCUT2D eigenvalue weighted by Crippen LogP contribution is 2.38. The smallest absolute Gasteiger partial charge is 0.325 e. The number of fused-ring (bicyclic) bond motifs is 1. The van der Waals surface area contributed by atoms with Crippen molar-refractivity contribution in [1.82, 2.24) is 10.2 Å². The van der Waals surface area contributed by atoms with E-state index in [1.165, 1.54) is 0 Å². The lowest BCUT2D eigenvalue weighted by Gasteiger charge is -2.25. The van der Waals surface area contributed by atoms with Crippen molar-refractivity contribution in [2.75, 3.05) is 18.0 Å². The van der Waals surface area contributed by atoms with Crippen LogP contribution in [0.2, 0.25) is 0 Å². The number of aryl methyl sites for hydroxylation is 2. The fraction of sp³-hybridized carbons (Fsp3) is 0.409. The molecule has 0 radical (unpaired) electrons. The number of nitrogens with one attached hydrogen (secondary N) is 1. The SMILES string of the molecule is Cc1cc([C@@]2(C)NC(=O)N(CC(=O)N3CC[C@H](C)Sc4ccccc43)C2=O)c(C)o1. The van der Waals surface area contributed by atoms with Crippen LogP contribution in [0.25, 0.3) is 0 Å². The largest absolute Gasteiger partial charge is 0.466 e. The molecule has 0 saturated carbocycles. The van der Waals surface area contributed by atoms with Crippen LogP contribution in [0.1, 0.15) is 37.4 Å². The second-order valence-corrected chi connectivity index (χ2v) is 9.48. The molecule has 8 heteroatoms. The highest BCUT2D eigenvalue weighted by molar-refractivity contribution is 8.00. The molecule has 0 aliphatic carbocycles. The molecule has 1 fully saturated rings. The molecule has 1 aromatic carbocycles. The molecule has 0 spiro atoms. The summed E-state index contributed by atoms with van der Waals surface area (Å²) in [4.78, 5) is 42.8. The Morgan fingerprint density at radius 1 is 1.30 bits per heavy atom. The van der Waals surface area contributed by atoms with Gasteiger partial charge in [0.15, 0.2) is 0 Å². The molecule has 2 aliphatic rings. The molecule has 158 valence electrons. The number of hydrogen-bond donors (Lipinski definition) is 1. The molecule has 7 nitrogen and oxygen atoms in total. The quantitative estimate of drug-likeness (QED) is 0.757. The number of para-hydroxylation sites is 1. The van der Waals surface area contributed by atoms with E-state index in [1.54, 1.807) is 43.5 Å². The van der Waals surface area contributed by atoms with Crippen LogP contribution < -0.4 is 10.2 Å². The molecule has 1 N–H and O–H groups in total. The fourth-order valence-corrected chi connectivity index (χ4v) is 5.23. The summed E-state index contributed by atoms with van der Waals surface area (Å²) in [6.07, 6.45) is 0.830. The number of urea groups is 1. The Morgan fingerprint density at radius 3 is 2.73 bits per heavy atom. The van der Waals surface area contributed by atoms with E-state index < -0.39 is 17.5 Å². The lowest BCUT2D eigenvalue weighted by molar-refractivity contribution is -0.134. The molecule has 0 unspecified atom stereocenters. The molecule has 1 saturated heterocycles. The van der Waals surface area contributed by atoms with Crippen molar-refractivity contribution in [3.63, 3.8) is 0 Å². The maximum atomic E-state index is 13.2. The lowest BCUT2D eigenvalue weighted by atomic mass is 9.92. The average Bonchev–Trinajstić information content (AvgIpc) is 3.06. The molecule has 3 heterocycles. The number of thioether (sulfide) groups is 1. The first-order chi connectivity index (χ1) is 14.2. The minimum absolute atomic E-state index is 0.273. The molecule has 2 atom stereocenters. The van der Waals surface area contributed by atoms with Crippen LogP contribution in [0.3, 0.4) is 0 Å². The van der Waals surface area contributed by atoms with Gasteiger partial charge in [0.25, 0.3) is 5.91 Å². The van der Waals surface area contributed by atoms with Crippen LogP contribution in [-0.2, 0) is 15.1 Å². The Bertz CT molecular complexity index is 1030. The Labute approximate surface area is 179 Å². The van der Waals surface area contributed by atoms with Gasteiger partial charge in [0.05, 0.1) is 5.69 Å². The fourth-order valence-electron chi connectivity index (χ4n) is 4.12. The second-order valence-electron chi connectivity index (χ2n) is 8.00. The van der Waals surface area contributed by atoms with Crippen molar-refractivity contribution in [1.29, 1.82) is 0 Å². The summed E-state index contributed by atoms with van der Waals surface area (Å²) >= 11 is 1.73. The minimum atomic E-state index is -1.25. The van der Waals surface area contributed by atoms with Crippen molar-refractivity contribution >= 4 is 35.3 Å². The predicted octanol–water partition coefficient (Wildman–Crippen LogP) is 3.58. The van der Waals surface area contributed by atoms with Gasteiger partial charge < -0.3 is 14.6 Å². The summed E-state index contributed by atoms with van der Waals surface area (Å²) in [5.41, 5.74) is 0.187. The van der Waals surface area contributed by atoms with Crippen LogP contribution in [0.4, 0.5) is 10.5 Å². The number of hydrogen-bond acceptors (Lipinski definition) is 5. The summed E-state index contributed by atoms with van der Waals surface area (Å²) < 4.78 is 5.55. The zero-order valence-electron chi connectivity index (χ0n) is 17.5. The maximum absolute atomic E-state index is 13.2. The zero-order valence-corrected chi connectivity index (χ0v) is 18.3. The van der Waals surface area contributed by atoms with E-state index in [9.17, 15) is 14.4 Å². The first-order valence-electron chi connectivity index (χ1n) is 9.98. The average molecular weight is 428 g/mol. The standard InChI is InChI=1S/C22H25N3O4S/c1-13-11-16(15(3)29-13)22(4)20(27)25(21(28)23-22)12-19(26)24-10-9-14(2)30-18-8-6-5-7-17(18)24/h5-8,11,14H,9-10,12H2,1-4H3,(H,23,28)/t14-,22+/m0/s1. The Kier molecular flexibility index (Phi) is 5.13. The van der Waals surface area contributed by atoms with E-state index in [4.69, 9.17) is 4.42 Å². The third-order valence-corrected chi connectivity index (χ3v) is 6.93. The lowest BCUT2D eigenvalue weighted by Crippen LogP contribution is -2.45. The summed E-state index contributed by atoms with van der Waals surface area (Å²) in [5.74, 6) is 0.512. The van der Waals surface area contributed by atoms with Gasteiger partial charge in [-0.3, -0.25) is 14.5 Å². The third kappa shape index (κ3) is 3.39. The predicted molar refractivity (Wildman–Crippen MR) is 115 cm³/mol. The van der Waals surface area contributed by atoms with Crippen LogP contribution in [0, 0.1) is 13.8 Å². The number of rotatable bonds is 3. The van der Waals surface area contributed by atoms with Gasteiger partial charge in [-0.25, -0.2) is 4.79 Å². The normalized spacial score (nSPS) is 23.9. The maximum Gasteiger partial charge on any atom is 0.325 e. The number of anilines is 1. The van der Waals surface area contributed by atoms with Crippen LogP contribution in [0.5, 0.6) is 0 Å². The van der Waals surface area contributed by atoms with E-state index in [0.717, 1.165) is 21.9 Å². The Balaban J connectivity index is 1.59. The van der Waals surface area contributed by atoms with Gasteiger partial charge in [-0.1, -0.05) is 19.1 Å². The molecule has 30 heavy (non-hydrogen) atoms. The van der Waals surface area contributed by atoms with Gasteiger partial charge in [-0.2, -0.15) is 0 Å². The molecule has 4 amide bonds. The van der Waals surface area contributed by atoms with E-state index in [1.807, 2.05) is 24.3 Å². The molecule has 2 aliphatic heterocycles. The first kappa shape index (κ1) is 20.5. The van der Waals surface area contributed by atoms with Gasteiger partial charge >= 0.3 is 6.03 Å². The Hall–Kier alpha value is -2.74. The topological polar surface area (TPSA) is 82.9 Å². The molecular formula is C22H25N3O4S. The number of nitrogens with zero attached hydrogens (tertiary/aromatic N) is 2. The summed E-state index contributed by atoms with van der Waals surface area (Å²) in [7, 11) is 0. The molecular weight excluding hydrogens is 402 g/mol. The summed E-state index contributed by atoms with van der Waals surface area (Å²) in [5, 5.41) is 3.12. The van der Waals surface area contributed by atoms with Crippen LogP contribution in [-0.4, -0.2) is 41.1 Å². The second kappa shape index (κ2) is 7.50. The number of imide groups is 1. The van der Waals surface area contributed by atoms with Crippen molar-refractivity contribution in [2.45, 2.75) is 49.8 Å². The highest BCUT2D eigenvalue weighted by atomic mass is 32.2. The van der Waals surface area contributed by atoms with Gasteiger partial charge in [0.2, 0.25) is 5.91 Å². The number of furan rings is 1. The highest BCUT2D eigenvalue weighted by Gasteiger charge is 2.51. The van der Waals surface area contributed by atoms with Crippen molar-refractivity contribution in [3.05, 3.63) is 47.4 Å². The van der Waals surface area contributed by atoms with Crippen LogP contribution >= 0.6 is 11.8 Å². The van der Waals surface area contributed by atoms with Crippen molar-refractivity contribution in [3.8, 4) is 0 Å². The van der Waals surface area contributed by atoms with Gasteiger partial charge in [0.1, 0.15) is 23.6 Å². The molecule has 1 aromatic heterocycles. The third-order valence-electron chi connectivity index (χ3n) is 5.69. The van der Waals surface area contributed by atoms with E-state index in [2.05, 4.69) is 12.2 Å². The van der Waals surface area contributed by atoms with Crippen molar-refractivity contribution in [2.24, 2.45) is 0 Å². The van der Waals surface area contributed by atoms with E-state index in [0.29, 0.717) is 28.9 Å². The number of carbonyl (C=O) groups excluding carboxylic acids is 3. The summed E-state index contributed by atoms with van der Waals surface area (Å²) in [6, 6.07) is 8.93.